The summed E-state index contributed by atoms with van der Waals surface area (Å²) in [5.41, 5.74) is 0.352. The molecule has 1 rings (SSSR count). The fourth-order valence-electron chi connectivity index (χ4n) is 1.33. The van der Waals surface area contributed by atoms with E-state index < -0.39 is 0 Å². The quantitative estimate of drug-likeness (QED) is 0.814. The van der Waals surface area contributed by atoms with Gasteiger partial charge in [-0.2, -0.15) is 9.64 Å². The third-order valence-corrected chi connectivity index (χ3v) is 3.38. The maximum absolute atomic E-state index is 11.2. The second-order valence-electron chi connectivity index (χ2n) is 3.68. The number of esters is 1. The lowest BCUT2D eigenvalue weighted by Crippen LogP contribution is -2.17. The SMILES string of the molecule is CCOC(=O)CCC(C)Nc1snc(Cl)c1C#N. The van der Waals surface area contributed by atoms with Gasteiger partial charge in [0.1, 0.15) is 16.6 Å². The highest BCUT2D eigenvalue weighted by molar-refractivity contribution is 7.10. The number of carbonyl (C=O) groups excluding carboxylic acids is 1. The zero-order valence-electron chi connectivity index (χ0n) is 10.2. The Morgan fingerprint density at radius 1 is 1.72 bits per heavy atom. The third kappa shape index (κ3) is 4.17. The van der Waals surface area contributed by atoms with Crippen LogP contribution in [0.3, 0.4) is 0 Å². The molecule has 1 unspecified atom stereocenters. The second kappa shape index (κ2) is 7.19. The number of ether oxygens (including phenoxy) is 1. The van der Waals surface area contributed by atoms with E-state index in [1.165, 1.54) is 0 Å². The molecule has 0 saturated heterocycles. The van der Waals surface area contributed by atoms with E-state index in [9.17, 15) is 4.79 Å². The molecule has 0 saturated carbocycles. The smallest absolute Gasteiger partial charge is 0.305 e. The zero-order chi connectivity index (χ0) is 13.5. The highest BCUT2D eigenvalue weighted by Crippen LogP contribution is 2.28. The molecule has 98 valence electrons. The van der Waals surface area contributed by atoms with Gasteiger partial charge < -0.3 is 10.1 Å². The Balaban J connectivity index is 2.47. The molecular formula is C11H14ClN3O2S. The summed E-state index contributed by atoms with van der Waals surface area (Å²) < 4.78 is 8.74. The van der Waals surface area contributed by atoms with Gasteiger partial charge in [-0.05, 0) is 31.8 Å². The fraction of sp³-hybridized carbons (Fsp3) is 0.545. The van der Waals surface area contributed by atoms with Crippen LogP contribution in [0.4, 0.5) is 5.00 Å². The molecule has 0 bridgehead atoms. The summed E-state index contributed by atoms with van der Waals surface area (Å²) in [7, 11) is 0. The average Bonchev–Trinajstić information content (AvgIpc) is 2.67. The Bertz CT molecular complexity index is 456. The molecule has 0 spiro atoms. The number of hydrogen-bond acceptors (Lipinski definition) is 6. The van der Waals surface area contributed by atoms with E-state index in [-0.39, 0.29) is 17.2 Å². The first-order chi connectivity index (χ1) is 8.58. The van der Waals surface area contributed by atoms with Crippen molar-refractivity contribution < 1.29 is 9.53 Å². The number of halogens is 1. The Hall–Kier alpha value is -1.32. The summed E-state index contributed by atoms with van der Waals surface area (Å²) in [4.78, 5) is 11.2. The number of hydrogen-bond donors (Lipinski definition) is 1. The first kappa shape index (κ1) is 14.7. The number of rotatable bonds is 6. The summed E-state index contributed by atoms with van der Waals surface area (Å²) in [6.45, 7) is 4.09. The third-order valence-electron chi connectivity index (χ3n) is 2.23. The van der Waals surface area contributed by atoms with Gasteiger partial charge in [0, 0.05) is 12.5 Å². The van der Waals surface area contributed by atoms with Crippen LogP contribution in [0.1, 0.15) is 32.3 Å². The van der Waals surface area contributed by atoms with Crippen LogP contribution >= 0.6 is 23.1 Å². The molecule has 1 N–H and O–H groups in total. The summed E-state index contributed by atoms with van der Waals surface area (Å²) >= 11 is 6.90. The molecule has 0 aliphatic rings. The monoisotopic (exact) mass is 287 g/mol. The van der Waals surface area contributed by atoms with Crippen LogP contribution < -0.4 is 5.32 Å². The van der Waals surface area contributed by atoms with Gasteiger partial charge in [-0.1, -0.05) is 11.6 Å². The molecule has 1 heterocycles. The molecular weight excluding hydrogens is 274 g/mol. The minimum Gasteiger partial charge on any atom is -0.466 e. The second-order valence-corrected chi connectivity index (χ2v) is 4.81. The Morgan fingerprint density at radius 3 is 3.06 bits per heavy atom. The van der Waals surface area contributed by atoms with E-state index in [2.05, 4.69) is 9.69 Å². The minimum atomic E-state index is -0.214. The van der Waals surface area contributed by atoms with E-state index in [0.717, 1.165) is 11.5 Å². The summed E-state index contributed by atoms with van der Waals surface area (Å²) in [5.74, 6) is -0.214. The fourth-order valence-corrected chi connectivity index (χ4v) is 2.38. The van der Waals surface area contributed by atoms with Crippen LogP contribution in [0.15, 0.2) is 0 Å². The van der Waals surface area contributed by atoms with Gasteiger partial charge in [-0.25, -0.2) is 0 Å². The molecule has 0 radical (unpaired) electrons. The lowest BCUT2D eigenvalue weighted by Gasteiger charge is -2.12. The summed E-state index contributed by atoms with van der Waals surface area (Å²) in [6, 6.07) is 2.04. The van der Waals surface area contributed by atoms with Crippen molar-refractivity contribution in [2.75, 3.05) is 11.9 Å². The van der Waals surface area contributed by atoms with Crippen LogP contribution in [-0.2, 0) is 9.53 Å². The predicted octanol–water partition coefficient (Wildman–Crippen LogP) is 2.81. The average molecular weight is 288 g/mol. The number of anilines is 1. The maximum Gasteiger partial charge on any atom is 0.305 e. The topological polar surface area (TPSA) is 75.0 Å². The highest BCUT2D eigenvalue weighted by atomic mass is 35.5. The summed E-state index contributed by atoms with van der Waals surface area (Å²) in [6.07, 6.45) is 0.968. The molecule has 1 atom stereocenters. The Labute approximate surface area is 115 Å². The van der Waals surface area contributed by atoms with E-state index in [4.69, 9.17) is 21.6 Å². The maximum atomic E-state index is 11.2. The van der Waals surface area contributed by atoms with E-state index in [1.807, 2.05) is 13.0 Å². The normalized spacial score (nSPS) is 11.7. The lowest BCUT2D eigenvalue weighted by molar-refractivity contribution is -0.143. The van der Waals surface area contributed by atoms with Crippen molar-refractivity contribution >= 4 is 34.1 Å². The van der Waals surface area contributed by atoms with Gasteiger partial charge in [0.05, 0.1) is 6.61 Å². The Morgan fingerprint density at radius 2 is 2.44 bits per heavy atom. The van der Waals surface area contributed by atoms with Crippen LogP contribution in [-0.4, -0.2) is 23.0 Å². The molecule has 0 amide bonds. The molecule has 7 heteroatoms. The predicted molar refractivity (Wildman–Crippen MR) is 70.8 cm³/mol. The van der Waals surface area contributed by atoms with E-state index in [1.54, 1.807) is 6.92 Å². The molecule has 0 aromatic carbocycles. The number of carbonyl (C=O) groups is 1. The van der Waals surface area contributed by atoms with Gasteiger partial charge in [0.2, 0.25) is 0 Å². The largest absolute Gasteiger partial charge is 0.466 e. The van der Waals surface area contributed by atoms with Crippen molar-refractivity contribution in [1.82, 2.24) is 4.37 Å². The van der Waals surface area contributed by atoms with Gasteiger partial charge in [0.15, 0.2) is 5.15 Å². The van der Waals surface area contributed by atoms with Crippen molar-refractivity contribution in [3.63, 3.8) is 0 Å². The van der Waals surface area contributed by atoms with Gasteiger partial charge in [-0.15, -0.1) is 0 Å². The van der Waals surface area contributed by atoms with Crippen LogP contribution in [0.2, 0.25) is 5.15 Å². The van der Waals surface area contributed by atoms with Crippen molar-refractivity contribution in [2.45, 2.75) is 32.7 Å². The Kier molecular flexibility index (Phi) is 5.89. The minimum absolute atomic E-state index is 0.0398. The first-order valence-corrected chi connectivity index (χ1v) is 6.71. The lowest BCUT2D eigenvalue weighted by atomic mass is 10.2. The van der Waals surface area contributed by atoms with Crippen molar-refractivity contribution in [1.29, 1.82) is 5.26 Å². The van der Waals surface area contributed by atoms with Gasteiger partial charge in [0.25, 0.3) is 0 Å². The number of nitriles is 1. The molecule has 18 heavy (non-hydrogen) atoms. The number of nitrogens with one attached hydrogen (secondary N) is 1. The molecule has 0 aliphatic carbocycles. The van der Waals surface area contributed by atoms with Crippen LogP contribution in [0.25, 0.3) is 0 Å². The molecule has 1 aromatic heterocycles. The highest BCUT2D eigenvalue weighted by Gasteiger charge is 2.14. The van der Waals surface area contributed by atoms with Crippen molar-refractivity contribution in [2.24, 2.45) is 0 Å². The number of nitrogens with zero attached hydrogens (tertiary/aromatic N) is 2. The molecule has 5 nitrogen and oxygen atoms in total. The zero-order valence-corrected chi connectivity index (χ0v) is 11.8. The summed E-state index contributed by atoms with van der Waals surface area (Å²) in [5, 5.41) is 12.9. The molecule has 0 aliphatic heterocycles. The standard InChI is InChI=1S/C11H14ClN3O2S/c1-3-17-9(16)5-4-7(2)14-11-8(6-13)10(12)15-18-11/h7,14H,3-5H2,1-2H3. The molecule has 1 aromatic rings. The van der Waals surface area contributed by atoms with Crippen molar-refractivity contribution in [3.8, 4) is 6.07 Å². The molecule has 0 fully saturated rings. The van der Waals surface area contributed by atoms with Crippen LogP contribution in [0.5, 0.6) is 0 Å². The van der Waals surface area contributed by atoms with E-state index in [0.29, 0.717) is 30.0 Å². The number of aromatic nitrogens is 1. The van der Waals surface area contributed by atoms with E-state index >= 15 is 0 Å². The van der Waals surface area contributed by atoms with Gasteiger partial charge in [-0.3, -0.25) is 4.79 Å². The first-order valence-electron chi connectivity index (χ1n) is 5.55. The van der Waals surface area contributed by atoms with Gasteiger partial charge >= 0.3 is 5.97 Å². The van der Waals surface area contributed by atoms with Crippen LogP contribution in [0, 0.1) is 11.3 Å². The van der Waals surface area contributed by atoms with Crippen molar-refractivity contribution in [3.05, 3.63) is 10.7 Å².